The molecule has 1 fully saturated rings. The van der Waals surface area contributed by atoms with Crippen LogP contribution in [-0.2, 0) is 14.6 Å². The maximum Gasteiger partial charge on any atom is 0.150 e. The molecule has 0 aromatic carbocycles. The van der Waals surface area contributed by atoms with E-state index in [1.165, 1.54) is 0 Å². The number of rotatable bonds is 7. The molecule has 1 unspecified atom stereocenters. The first-order valence-electron chi connectivity index (χ1n) is 6.38. The minimum atomic E-state index is -2.85. The Morgan fingerprint density at radius 3 is 2.71 bits per heavy atom. The lowest BCUT2D eigenvalue weighted by molar-refractivity contribution is -0.118. The molecule has 1 atom stereocenters. The van der Waals surface area contributed by atoms with Gasteiger partial charge in [0.1, 0.15) is 15.6 Å². The van der Waals surface area contributed by atoms with Gasteiger partial charge in [0.25, 0.3) is 0 Å². The largest absolute Gasteiger partial charge is 0.300 e. The van der Waals surface area contributed by atoms with Crippen LogP contribution in [0.2, 0.25) is 0 Å². The summed E-state index contributed by atoms with van der Waals surface area (Å²) in [5, 5.41) is 0. The molecular formula is C12H23NO3S. The van der Waals surface area contributed by atoms with Gasteiger partial charge in [-0.3, -0.25) is 9.69 Å². The molecule has 0 radical (unpaired) electrons. The first-order valence-corrected chi connectivity index (χ1v) is 8.20. The predicted molar refractivity (Wildman–Crippen MR) is 68.8 cm³/mol. The van der Waals surface area contributed by atoms with Crippen molar-refractivity contribution in [1.29, 1.82) is 0 Å². The maximum atomic E-state index is 11.4. The molecule has 0 bridgehead atoms. The van der Waals surface area contributed by atoms with E-state index in [0.717, 1.165) is 25.9 Å². The third kappa shape index (κ3) is 5.17. The molecular weight excluding hydrogens is 238 g/mol. The summed E-state index contributed by atoms with van der Waals surface area (Å²) in [6.07, 6.45) is 3.49. The normalized spacial score (nSPS) is 21.9. The molecule has 0 saturated carbocycles. The smallest absolute Gasteiger partial charge is 0.150 e. The van der Waals surface area contributed by atoms with Gasteiger partial charge in [-0.2, -0.15) is 0 Å². The lowest BCUT2D eigenvalue weighted by Gasteiger charge is -2.23. The molecule has 0 aliphatic carbocycles. The van der Waals surface area contributed by atoms with Crippen LogP contribution in [-0.4, -0.2) is 49.7 Å². The van der Waals surface area contributed by atoms with Crippen LogP contribution in [0, 0.1) is 0 Å². The molecule has 1 heterocycles. The molecule has 0 aromatic rings. The zero-order chi connectivity index (χ0) is 12.9. The summed E-state index contributed by atoms with van der Waals surface area (Å²) in [6, 6.07) is 0.344. The molecule has 0 spiro atoms. The van der Waals surface area contributed by atoms with Crippen LogP contribution in [0.5, 0.6) is 0 Å². The van der Waals surface area contributed by atoms with Gasteiger partial charge in [-0.25, -0.2) is 8.42 Å². The van der Waals surface area contributed by atoms with E-state index in [-0.39, 0.29) is 17.3 Å². The zero-order valence-electron chi connectivity index (χ0n) is 10.8. The highest BCUT2D eigenvalue weighted by atomic mass is 32.2. The number of likely N-dealkylation sites (tertiary alicyclic amines) is 1. The lowest BCUT2D eigenvalue weighted by atomic mass is 10.1. The van der Waals surface area contributed by atoms with E-state index < -0.39 is 9.84 Å². The number of hydrogen-bond donors (Lipinski definition) is 0. The Balaban J connectivity index is 2.33. The van der Waals surface area contributed by atoms with E-state index in [4.69, 9.17) is 0 Å². The monoisotopic (exact) mass is 261 g/mol. The summed E-state index contributed by atoms with van der Waals surface area (Å²) in [6.45, 7) is 5.11. The van der Waals surface area contributed by atoms with Crippen LogP contribution in [0.15, 0.2) is 0 Å². The number of sulfone groups is 1. The molecule has 1 saturated heterocycles. The van der Waals surface area contributed by atoms with Crippen LogP contribution in [0.4, 0.5) is 0 Å². The lowest BCUT2D eigenvalue weighted by Crippen LogP contribution is -2.32. The van der Waals surface area contributed by atoms with Crippen molar-refractivity contribution in [2.75, 3.05) is 24.6 Å². The second-order valence-electron chi connectivity index (χ2n) is 4.83. The zero-order valence-corrected chi connectivity index (χ0v) is 11.6. The summed E-state index contributed by atoms with van der Waals surface area (Å²) < 4.78 is 22.7. The highest BCUT2D eigenvalue weighted by Gasteiger charge is 2.25. The first kappa shape index (κ1) is 14.6. The molecule has 0 aromatic heterocycles. The van der Waals surface area contributed by atoms with E-state index in [9.17, 15) is 13.2 Å². The highest BCUT2D eigenvalue weighted by molar-refractivity contribution is 7.91. The Hall–Kier alpha value is -0.420. The van der Waals surface area contributed by atoms with Crippen LogP contribution >= 0.6 is 0 Å². The van der Waals surface area contributed by atoms with Crippen molar-refractivity contribution < 1.29 is 13.2 Å². The maximum absolute atomic E-state index is 11.4. The summed E-state index contributed by atoms with van der Waals surface area (Å²) in [5.41, 5.74) is 0. The van der Waals surface area contributed by atoms with Crippen molar-refractivity contribution in [1.82, 2.24) is 4.90 Å². The van der Waals surface area contributed by atoms with E-state index in [0.29, 0.717) is 18.9 Å². The van der Waals surface area contributed by atoms with Gasteiger partial charge in [-0.05, 0) is 39.3 Å². The van der Waals surface area contributed by atoms with Crippen molar-refractivity contribution in [2.24, 2.45) is 0 Å². The Morgan fingerprint density at radius 1 is 1.41 bits per heavy atom. The molecule has 4 nitrogen and oxygen atoms in total. The number of carbonyl (C=O) groups is 1. The van der Waals surface area contributed by atoms with Gasteiger partial charge in [-0.15, -0.1) is 0 Å². The molecule has 1 aliphatic rings. The van der Waals surface area contributed by atoms with E-state index in [1.54, 1.807) is 13.8 Å². The van der Waals surface area contributed by atoms with Crippen molar-refractivity contribution in [3.8, 4) is 0 Å². The first-order chi connectivity index (χ1) is 7.94. The molecule has 0 amide bonds. The van der Waals surface area contributed by atoms with Crippen molar-refractivity contribution in [3.05, 3.63) is 0 Å². The second kappa shape index (κ2) is 6.50. The Labute approximate surface area is 104 Å². The molecule has 1 aliphatic heterocycles. The van der Waals surface area contributed by atoms with E-state index in [1.807, 2.05) is 0 Å². The van der Waals surface area contributed by atoms with Crippen LogP contribution in [0.3, 0.4) is 0 Å². The summed E-state index contributed by atoms with van der Waals surface area (Å²) in [7, 11) is -2.85. The van der Waals surface area contributed by atoms with Crippen LogP contribution in [0.1, 0.15) is 39.5 Å². The van der Waals surface area contributed by atoms with E-state index >= 15 is 0 Å². The predicted octanol–water partition coefficient (Wildman–Crippen LogP) is 1.25. The number of hydrogen-bond acceptors (Lipinski definition) is 4. The standard InChI is InChI=1S/C12H23NO3S/c1-3-17(15,16)9-5-8-13-7-4-6-12(13)10-11(2)14/h12H,3-10H2,1-2H3. The SMILES string of the molecule is CCS(=O)(=O)CCCN1CCCC1CC(C)=O. The van der Waals surface area contributed by atoms with Crippen molar-refractivity contribution >= 4 is 15.6 Å². The minimum absolute atomic E-state index is 0.225. The van der Waals surface area contributed by atoms with Gasteiger partial charge in [-0.1, -0.05) is 6.92 Å². The van der Waals surface area contributed by atoms with Gasteiger partial charge >= 0.3 is 0 Å². The van der Waals surface area contributed by atoms with Gasteiger partial charge in [0, 0.05) is 18.2 Å². The average molecular weight is 261 g/mol. The third-order valence-electron chi connectivity index (χ3n) is 3.36. The molecule has 1 rings (SSSR count). The Bertz CT molecular complexity index is 351. The summed E-state index contributed by atoms with van der Waals surface area (Å²) in [5.74, 6) is 0.722. The highest BCUT2D eigenvalue weighted by Crippen LogP contribution is 2.20. The summed E-state index contributed by atoms with van der Waals surface area (Å²) in [4.78, 5) is 13.4. The van der Waals surface area contributed by atoms with Crippen molar-refractivity contribution in [3.63, 3.8) is 0 Å². The number of nitrogens with zero attached hydrogens (tertiary/aromatic N) is 1. The van der Waals surface area contributed by atoms with Gasteiger partial charge in [0.15, 0.2) is 0 Å². The van der Waals surface area contributed by atoms with E-state index in [2.05, 4.69) is 4.90 Å². The minimum Gasteiger partial charge on any atom is -0.300 e. The molecule has 17 heavy (non-hydrogen) atoms. The van der Waals surface area contributed by atoms with Crippen LogP contribution < -0.4 is 0 Å². The van der Waals surface area contributed by atoms with Gasteiger partial charge < -0.3 is 0 Å². The van der Waals surface area contributed by atoms with Crippen LogP contribution in [0.25, 0.3) is 0 Å². The molecule has 5 heteroatoms. The third-order valence-corrected chi connectivity index (χ3v) is 5.15. The Morgan fingerprint density at radius 2 is 2.12 bits per heavy atom. The average Bonchev–Trinajstić information content (AvgIpc) is 2.65. The molecule has 100 valence electrons. The van der Waals surface area contributed by atoms with Gasteiger partial charge in [0.05, 0.1) is 5.75 Å². The second-order valence-corrected chi connectivity index (χ2v) is 7.30. The van der Waals surface area contributed by atoms with Crippen molar-refractivity contribution in [2.45, 2.75) is 45.6 Å². The fourth-order valence-electron chi connectivity index (χ4n) is 2.38. The molecule has 0 N–H and O–H groups in total. The topological polar surface area (TPSA) is 54.5 Å². The quantitative estimate of drug-likeness (QED) is 0.692. The number of Topliss-reactive ketones (excluding diaryl/α,β-unsaturated/α-hetero) is 1. The number of carbonyl (C=O) groups excluding carboxylic acids is 1. The fraction of sp³-hybridized carbons (Fsp3) is 0.917. The fourth-order valence-corrected chi connectivity index (χ4v) is 3.24. The van der Waals surface area contributed by atoms with Gasteiger partial charge in [0.2, 0.25) is 0 Å². The Kier molecular flexibility index (Phi) is 5.59. The number of ketones is 1. The summed E-state index contributed by atoms with van der Waals surface area (Å²) >= 11 is 0.